The van der Waals surface area contributed by atoms with E-state index in [-0.39, 0.29) is 24.5 Å². The monoisotopic (exact) mass is 457 g/mol. The first kappa shape index (κ1) is 23.1. The van der Waals surface area contributed by atoms with Crippen LogP contribution in [0.15, 0.2) is 58.9 Å². The average molecular weight is 458 g/mol. The van der Waals surface area contributed by atoms with Gasteiger partial charge in [0.1, 0.15) is 17.4 Å². The molecular weight excluding hydrogens is 434 g/mol. The topological polar surface area (TPSA) is 116 Å². The van der Waals surface area contributed by atoms with Crippen LogP contribution < -0.4 is 15.4 Å². The number of amides is 2. The quantitative estimate of drug-likeness (QED) is 0.459. The summed E-state index contributed by atoms with van der Waals surface area (Å²) in [7, 11) is 1.54. The summed E-state index contributed by atoms with van der Waals surface area (Å²) in [6, 6.07) is 8.82. The number of hydrogen-bond acceptors (Lipinski definition) is 8. The van der Waals surface area contributed by atoms with Gasteiger partial charge < -0.3 is 24.8 Å². The molecule has 1 atom stereocenters. The van der Waals surface area contributed by atoms with Gasteiger partial charge >= 0.3 is 18.0 Å². The number of ether oxygens (including phenoxy) is 3. The number of methoxy groups -OCH3 is 1. The molecule has 1 aliphatic heterocycles. The smallest absolute Gasteiger partial charge is 0.341 e. The summed E-state index contributed by atoms with van der Waals surface area (Å²) in [5, 5.41) is 5.81. The zero-order chi connectivity index (χ0) is 23.1. The van der Waals surface area contributed by atoms with Gasteiger partial charge in [0.25, 0.3) is 0 Å². The molecule has 0 fully saturated rings. The first-order chi connectivity index (χ1) is 15.5. The second-order valence-electron chi connectivity index (χ2n) is 6.55. The first-order valence-electron chi connectivity index (χ1n) is 9.76. The molecule has 0 radical (unpaired) electrons. The molecule has 1 aromatic carbocycles. The highest BCUT2D eigenvalue weighted by molar-refractivity contribution is 7.98. The molecule has 1 unspecified atom stereocenters. The van der Waals surface area contributed by atoms with Crippen LogP contribution in [0.25, 0.3) is 0 Å². The first-order valence-corrected chi connectivity index (χ1v) is 11.0. The minimum absolute atomic E-state index is 0.144. The molecule has 0 saturated carbocycles. The Morgan fingerprint density at radius 2 is 1.88 bits per heavy atom. The zero-order valence-electron chi connectivity index (χ0n) is 17.8. The van der Waals surface area contributed by atoms with Gasteiger partial charge in [0.05, 0.1) is 36.6 Å². The van der Waals surface area contributed by atoms with Gasteiger partial charge in [-0.15, -0.1) is 11.8 Å². The van der Waals surface area contributed by atoms with Crippen molar-refractivity contribution in [2.45, 2.75) is 18.0 Å². The van der Waals surface area contributed by atoms with Crippen LogP contribution in [0.2, 0.25) is 0 Å². The lowest BCUT2D eigenvalue weighted by molar-refractivity contribution is -0.139. The molecule has 3 rings (SSSR count). The highest BCUT2D eigenvalue weighted by Gasteiger charge is 2.34. The third-order valence-electron chi connectivity index (χ3n) is 4.63. The number of nitrogens with zero attached hydrogens (tertiary/aromatic N) is 1. The van der Waals surface area contributed by atoms with Crippen molar-refractivity contribution in [2.75, 3.05) is 26.6 Å². The van der Waals surface area contributed by atoms with Crippen molar-refractivity contribution in [2.24, 2.45) is 0 Å². The number of aromatic nitrogens is 1. The van der Waals surface area contributed by atoms with Crippen molar-refractivity contribution in [1.29, 1.82) is 0 Å². The minimum Gasteiger partial charge on any atom is -0.497 e. The molecule has 32 heavy (non-hydrogen) atoms. The van der Waals surface area contributed by atoms with Gasteiger partial charge in [-0.3, -0.25) is 0 Å². The molecule has 2 amide bonds. The fourth-order valence-electron chi connectivity index (χ4n) is 3.15. The van der Waals surface area contributed by atoms with Gasteiger partial charge in [0.2, 0.25) is 0 Å². The molecule has 10 heteroatoms. The number of benzene rings is 1. The van der Waals surface area contributed by atoms with Gasteiger partial charge in [0.15, 0.2) is 0 Å². The van der Waals surface area contributed by atoms with Crippen LogP contribution in [0.4, 0.5) is 4.79 Å². The van der Waals surface area contributed by atoms with E-state index in [9.17, 15) is 14.4 Å². The Balaban J connectivity index is 1.93. The highest BCUT2D eigenvalue weighted by Crippen LogP contribution is 2.29. The van der Waals surface area contributed by atoms with Crippen molar-refractivity contribution in [3.63, 3.8) is 0 Å². The van der Waals surface area contributed by atoms with Gasteiger partial charge in [-0.05, 0) is 43.0 Å². The Hall–Kier alpha value is -3.53. The van der Waals surface area contributed by atoms with E-state index in [0.717, 1.165) is 0 Å². The fraction of sp³-hybridized carbons (Fsp3) is 0.273. The number of rotatable bonds is 8. The van der Waals surface area contributed by atoms with Gasteiger partial charge in [0, 0.05) is 6.20 Å². The number of carbonyl (C=O) groups is 3. The number of carbonyl (C=O) groups excluding carboxylic acids is 3. The van der Waals surface area contributed by atoms with Gasteiger partial charge in [-0.2, -0.15) is 0 Å². The maximum Gasteiger partial charge on any atom is 0.341 e. The highest BCUT2D eigenvalue weighted by atomic mass is 32.2. The number of urea groups is 1. The van der Waals surface area contributed by atoms with Gasteiger partial charge in [-0.1, -0.05) is 12.1 Å². The largest absolute Gasteiger partial charge is 0.497 e. The van der Waals surface area contributed by atoms with E-state index < -0.39 is 24.0 Å². The maximum atomic E-state index is 12.8. The fourth-order valence-corrected chi connectivity index (χ4v) is 3.69. The minimum atomic E-state index is -0.789. The van der Waals surface area contributed by atoms with Crippen LogP contribution in [-0.2, 0) is 14.3 Å². The average Bonchev–Trinajstić information content (AvgIpc) is 2.82. The number of hydrogen-bond donors (Lipinski definition) is 2. The lowest BCUT2D eigenvalue weighted by Crippen LogP contribution is -2.47. The molecule has 2 N–H and O–H groups in total. The molecule has 168 valence electrons. The maximum absolute atomic E-state index is 12.8. The Morgan fingerprint density at radius 1 is 1.12 bits per heavy atom. The van der Waals surface area contributed by atoms with E-state index >= 15 is 0 Å². The predicted octanol–water partition coefficient (Wildman–Crippen LogP) is 2.84. The summed E-state index contributed by atoms with van der Waals surface area (Å²) in [4.78, 5) is 41.9. The van der Waals surface area contributed by atoms with E-state index in [1.807, 2.05) is 0 Å². The Kier molecular flexibility index (Phi) is 7.72. The summed E-state index contributed by atoms with van der Waals surface area (Å²) >= 11 is 1.31. The summed E-state index contributed by atoms with van der Waals surface area (Å²) in [5.41, 5.74) is 1.24. The number of pyridine rings is 1. The van der Waals surface area contributed by atoms with E-state index in [2.05, 4.69) is 15.6 Å². The predicted molar refractivity (Wildman–Crippen MR) is 117 cm³/mol. The molecule has 0 saturated heterocycles. The van der Waals surface area contributed by atoms with E-state index in [1.54, 1.807) is 62.9 Å². The number of nitrogens with one attached hydrogen (secondary N) is 2. The normalized spacial score (nSPS) is 15.5. The Bertz CT molecular complexity index is 1040. The summed E-state index contributed by atoms with van der Waals surface area (Å²) in [6.07, 6.45) is 3.38. The summed E-state index contributed by atoms with van der Waals surface area (Å²) in [5.74, 6) is -0.615. The molecule has 0 spiro atoms. The third kappa shape index (κ3) is 5.20. The molecule has 2 aromatic rings. The summed E-state index contributed by atoms with van der Waals surface area (Å²) < 4.78 is 15.8. The van der Waals surface area contributed by atoms with Crippen LogP contribution in [-0.4, -0.2) is 49.5 Å². The van der Waals surface area contributed by atoms with Crippen molar-refractivity contribution >= 4 is 29.7 Å². The lowest BCUT2D eigenvalue weighted by Gasteiger charge is -2.29. The van der Waals surface area contributed by atoms with Crippen molar-refractivity contribution in [3.05, 3.63) is 65.0 Å². The third-order valence-corrected chi connectivity index (χ3v) is 5.34. The second-order valence-corrected chi connectivity index (χ2v) is 7.35. The molecule has 1 aliphatic rings. The SMILES string of the molecule is CCOC(=O)C1=C(COC(=O)c2cccnc2SC)NC(=O)NC1c1ccc(OC)cc1. The molecular formula is C22H23N3O6S. The van der Waals surface area contributed by atoms with Crippen LogP contribution >= 0.6 is 11.8 Å². The molecule has 0 bridgehead atoms. The van der Waals surface area contributed by atoms with Crippen LogP contribution in [0.5, 0.6) is 5.75 Å². The van der Waals surface area contributed by atoms with Crippen molar-refractivity contribution in [1.82, 2.24) is 15.6 Å². The molecule has 9 nitrogen and oxygen atoms in total. The Morgan fingerprint density at radius 3 is 2.53 bits per heavy atom. The standard InChI is InChI=1S/C22H23N3O6S/c1-4-30-21(27)17-16(12-31-20(26)15-6-5-11-23-19(15)32-3)24-22(28)25-18(17)13-7-9-14(29-2)10-8-13/h5-11,18H,4,12H2,1-3H3,(H2,24,25,28). The lowest BCUT2D eigenvalue weighted by atomic mass is 9.95. The van der Waals surface area contributed by atoms with E-state index in [4.69, 9.17) is 14.2 Å². The second kappa shape index (κ2) is 10.7. The van der Waals surface area contributed by atoms with Crippen molar-refractivity contribution < 1.29 is 28.6 Å². The van der Waals surface area contributed by atoms with E-state index in [1.165, 1.54) is 11.8 Å². The van der Waals surface area contributed by atoms with E-state index in [0.29, 0.717) is 21.9 Å². The molecule has 1 aromatic heterocycles. The summed E-state index contributed by atoms with van der Waals surface area (Å²) in [6.45, 7) is 1.50. The number of esters is 2. The number of thioether (sulfide) groups is 1. The van der Waals surface area contributed by atoms with Crippen LogP contribution in [0, 0.1) is 0 Å². The van der Waals surface area contributed by atoms with Crippen LogP contribution in [0.3, 0.4) is 0 Å². The van der Waals surface area contributed by atoms with Crippen LogP contribution in [0.1, 0.15) is 28.9 Å². The molecule has 2 heterocycles. The van der Waals surface area contributed by atoms with Crippen molar-refractivity contribution in [3.8, 4) is 5.75 Å². The van der Waals surface area contributed by atoms with Gasteiger partial charge in [-0.25, -0.2) is 19.4 Å². The molecule has 0 aliphatic carbocycles. The zero-order valence-corrected chi connectivity index (χ0v) is 18.7. The Labute approximate surface area is 189 Å².